The van der Waals surface area contributed by atoms with Crippen molar-refractivity contribution in [1.82, 2.24) is 5.32 Å². The average molecular weight is 330 g/mol. The molecule has 23 heavy (non-hydrogen) atoms. The van der Waals surface area contributed by atoms with E-state index in [0.29, 0.717) is 11.4 Å². The number of ether oxygens (including phenoxy) is 1. The highest BCUT2D eigenvalue weighted by atomic mass is 35.5. The van der Waals surface area contributed by atoms with Crippen LogP contribution in [-0.4, -0.2) is 13.0 Å². The molecule has 1 atom stereocenters. The van der Waals surface area contributed by atoms with Gasteiger partial charge in [-0.1, -0.05) is 35.9 Å². The summed E-state index contributed by atoms with van der Waals surface area (Å²) in [5.41, 5.74) is 3.32. The van der Waals surface area contributed by atoms with Crippen LogP contribution < -0.4 is 10.1 Å². The monoisotopic (exact) mass is 329 g/mol. The second-order valence-corrected chi connectivity index (χ2v) is 6.25. The number of benzene rings is 2. The van der Waals surface area contributed by atoms with E-state index in [2.05, 4.69) is 17.4 Å². The zero-order valence-electron chi connectivity index (χ0n) is 13.1. The van der Waals surface area contributed by atoms with Gasteiger partial charge in [-0.3, -0.25) is 4.79 Å². The summed E-state index contributed by atoms with van der Waals surface area (Å²) in [4.78, 5) is 12.4. The van der Waals surface area contributed by atoms with Crippen molar-refractivity contribution in [2.45, 2.75) is 31.7 Å². The molecule has 1 aliphatic carbocycles. The standard InChI is InChI=1S/C19H20ClNO2/c1-23-15-9-10-16-13(11-15)6-4-8-18(16)21-19(22)12-14-5-2-3-7-17(14)20/h2-3,5,7,9-11,18H,4,6,8,12H2,1H3,(H,21,22)/t18-/m1/s1. The first-order valence-corrected chi connectivity index (χ1v) is 8.25. The lowest BCUT2D eigenvalue weighted by atomic mass is 9.87. The van der Waals surface area contributed by atoms with Crippen molar-refractivity contribution in [3.63, 3.8) is 0 Å². The molecule has 0 spiro atoms. The van der Waals surface area contributed by atoms with E-state index >= 15 is 0 Å². The summed E-state index contributed by atoms with van der Waals surface area (Å²) in [6, 6.07) is 13.6. The Morgan fingerprint density at radius 2 is 2.13 bits per heavy atom. The minimum atomic E-state index is 0.00627. The number of hydrogen-bond acceptors (Lipinski definition) is 2. The molecule has 0 fully saturated rings. The third-order valence-electron chi connectivity index (χ3n) is 4.31. The number of carbonyl (C=O) groups is 1. The Morgan fingerprint density at radius 3 is 2.91 bits per heavy atom. The van der Waals surface area contributed by atoms with Crippen LogP contribution in [0.4, 0.5) is 0 Å². The van der Waals surface area contributed by atoms with Crippen LogP contribution in [0.15, 0.2) is 42.5 Å². The summed E-state index contributed by atoms with van der Waals surface area (Å²) >= 11 is 6.13. The molecule has 1 N–H and O–H groups in total. The van der Waals surface area contributed by atoms with Gasteiger partial charge < -0.3 is 10.1 Å². The van der Waals surface area contributed by atoms with Crippen molar-refractivity contribution < 1.29 is 9.53 Å². The molecule has 0 aromatic heterocycles. The molecule has 4 heteroatoms. The van der Waals surface area contributed by atoms with Gasteiger partial charge in [-0.25, -0.2) is 0 Å². The molecule has 120 valence electrons. The van der Waals surface area contributed by atoms with Gasteiger partial charge in [0.25, 0.3) is 0 Å². The minimum Gasteiger partial charge on any atom is -0.497 e. The lowest BCUT2D eigenvalue weighted by molar-refractivity contribution is -0.121. The summed E-state index contributed by atoms with van der Waals surface area (Å²) in [7, 11) is 1.67. The fourth-order valence-corrected chi connectivity index (χ4v) is 3.33. The molecule has 0 saturated carbocycles. The maximum absolute atomic E-state index is 12.4. The highest BCUT2D eigenvalue weighted by Gasteiger charge is 2.22. The van der Waals surface area contributed by atoms with Crippen molar-refractivity contribution >= 4 is 17.5 Å². The van der Waals surface area contributed by atoms with Crippen molar-refractivity contribution in [3.05, 3.63) is 64.2 Å². The SMILES string of the molecule is COc1ccc2c(c1)CCC[C@H]2NC(=O)Cc1ccccc1Cl. The molecule has 0 heterocycles. The van der Waals surface area contributed by atoms with Gasteiger partial charge >= 0.3 is 0 Å². The predicted molar refractivity (Wildman–Crippen MR) is 92.0 cm³/mol. The Bertz CT molecular complexity index is 714. The molecule has 0 saturated heterocycles. The van der Waals surface area contributed by atoms with E-state index in [1.165, 1.54) is 11.1 Å². The Balaban J connectivity index is 1.72. The Labute approximate surface area is 141 Å². The van der Waals surface area contributed by atoms with Crippen LogP contribution >= 0.6 is 11.6 Å². The third kappa shape index (κ3) is 3.67. The van der Waals surface area contributed by atoms with Crippen LogP contribution in [0, 0.1) is 0 Å². The van der Waals surface area contributed by atoms with E-state index in [1.807, 2.05) is 30.3 Å². The number of rotatable bonds is 4. The van der Waals surface area contributed by atoms with E-state index in [1.54, 1.807) is 7.11 Å². The maximum Gasteiger partial charge on any atom is 0.224 e. The quantitative estimate of drug-likeness (QED) is 0.917. The summed E-state index contributed by atoms with van der Waals surface area (Å²) in [5, 5.41) is 3.79. The first-order valence-electron chi connectivity index (χ1n) is 7.87. The molecule has 1 aliphatic rings. The molecular formula is C19H20ClNO2. The van der Waals surface area contributed by atoms with E-state index in [-0.39, 0.29) is 11.9 Å². The highest BCUT2D eigenvalue weighted by Crippen LogP contribution is 2.32. The first-order chi connectivity index (χ1) is 11.2. The lowest BCUT2D eigenvalue weighted by Crippen LogP contribution is -2.32. The summed E-state index contributed by atoms with van der Waals surface area (Å²) in [5.74, 6) is 0.874. The minimum absolute atomic E-state index is 0.00627. The molecule has 1 amide bonds. The summed E-state index contributed by atoms with van der Waals surface area (Å²) in [6.07, 6.45) is 3.37. The van der Waals surface area contributed by atoms with Gasteiger partial charge in [0.05, 0.1) is 19.6 Å². The maximum atomic E-state index is 12.4. The van der Waals surface area contributed by atoms with Crippen molar-refractivity contribution in [2.75, 3.05) is 7.11 Å². The largest absolute Gasteiger partial charge is 0.497 e. The number of aryl methyl sites for hydroxylation is 1. The number of halogens is 1. The van der Waals surface area contributed by atoms with Crippen LogP contribution in [0.1, 0.15) is 35.6 Å². The Hall–Kier alpha value is -2.00. The van der Waals surface area contributed by atoms with E-state index in [9.17, 15) is 4.79 Å². The molecule has 2 aromatic carbocycles. The van der Waals surface area contributed by atoms with Gasteiger partial charge in [0, 0.05) is 5.02 Å². The van der Waals surface area contributed by atoms with Gasteiger partial charge in [0.15, 0.2) is 0 Å². The second-order valence-electron chi connectivity index (χ2n) is 5.85. The molecule has 2 aromatic rings. The van der Waals surface area contributed by atoms with Crippen LogP contribution in [-0.2, 0) is 17.6 Å². The number of carbonyl (C=O) groups excluding carboxylic acids is 1. The Kier molecular flexibility index (Phi) is 4.87. The van der Waals surface area contributed by atoms with E-state index < -0.39 is 0 Å². The second kappa shape index (κ2) is 7.05. The molecular weight excluding hydrogens is 310 g/mol. The topological polar surface area (TPSA) is 38.3 Å². The van der Waals surface area contributed by atoms with Gasteiger partial charge in [0.2, 0.25) is 5.91 Å². The smallest absolute Gasteiger partial charge is 0.224 e. The molecule has 0 bridgehead atoms. The van der Waals surface area contributed by atoms with Gasteiger partial charge in [0.1, 0.15) is 5.75 Å². The molecule has 0 radical (unpaired) electrons. The zero-order chi connectivity index (χ0) is 16.2. The number of nitrogens with one attached hydrogen (secondary N) is 1. The summed E-state index contributed by atoms with van der Waals surface area (Å²) in [6.45, 7) is 0. The zero-order valence-corrected chi connectivity index (χ0v) is 13.9. The molecule has 0 unspecified atom stereocenters. The van der Waals surface area contributed by atoms with Crippen molar-refractivity contribution in [2.24, 2.45) is 0 Å². The number of amides is 1. The predicted octanol–water partition coefficient (Wildman–Crippen LogP) is 4.08. The lowest BCUT2D eigenvalue weighted by Gasteiger charge is -2.27. The average Bonchev–Trinajstić information content (AvgIpc) is 2.56. The van der Waals surface area contributed by atoms with Crippen LogP contribution in [0.3, 0.4) is 0 Å². The van der Waals surface area contributed by atoms with Gasteiger partial charge in [-0.05, 0) is 54.2 Å². The van der Waals surface area contributed by atoms with E-state index in [4.69, 9.17) is 16.3 Å². The fourth-order valence-electron chi connectivity index (χ4n) is 3.13. The third-order valence-corrected chi connectivity index (χ3v) is 4.68. The van der Waals surface area contributed by atoms with E-state index in [0.717, 1.165) is 30.6 Å². The van der Waals surface area contributed by atoms with Crippen molar-refractivity contribution in [1.29, 1.82) is 0 Å². The normalized spacial score (nSPS) is 16.5. The van der Waals surface area contributed by atoms with Crippen LogP contribution in [0.2, 0.25) is 5.02 Å². The highest BCUT2D eigenvalue weighted by molar-refractivity contribution is 6.31. The fraction of sp³-hybridized carbons (Fsp3) is 0.316. The number of hydrogen-bond donors (Lipinski definition) is 1. The van der Waals surface area contributed by atoms with Gasteiger partial charge in [-0.2, -0.15) is 0 Å². The molecule has 0 aliphatic heterocycles. The van der Waals surface area contributed by atoms with Crippen LogP contribution in [0.25, 0.3) is 0 Å². The molecule has 3 rings (SSSR count). The van der Waals surface area contributed by atoms with Crippen LogP contribution in [0.5, 0.6) is 5.75 Å². The van der Waals surface area contributed by atoms with Gasteiger partial charge in [-0.15, -0.1) is 0 Å². The number of fused-ring (bicyclic) bond motifs is 1. The Morgan fingerprint density at radius 1 is 1.30 bits per heavy atom. The summed E-state index contributed by atoms with van der Waals surface area (Å²) < 4.78 is 5.29. The number of methoxy groups -OCH3 is 1. The molecule has 3 nitrogen and oxygen atoms in total. The van der Waals surface area contributed by atoms with Crippen molar-refractivity contribution in [3.8, 4) is 5.75 Å². The first kappa shape index (κ1) is 15.9.